The molecule has 7 heteroatoms. The molecule has 0 saturated carbocycles. The highest BCUT2D eigenvalue weighted by atomic mass is 16.5. The zero-order valence-electron chi connectivity index (χ0n) is 15.9. The summed E-state index contributed by atoms with van der Waals surface area (Å²) in [5.41, 5.74) is 2.49. The second-order valence-electron chi connectivity index (χ2n) is 6.33. The molecule has 1 aromatic carbocycles. The Labute approximate surface area is 159 Å². The molecule has 2 heterocycles. The van der Waals surface area contributed by atoms with Crippen LogP contribution in [0.5, 0.6) is 5.75 Å². The minimum absolute atomic E-state index is 0.0116. The smallest absolute Gasteiger partial charge is 0.255 e. The van der Waals surface area contributed by atoms with Crippen LogP contribution in [0.4, 0.5) is 11.4 Å². The number of piperazine rings is 1. The van der Waals surface area contributed by atoms with E-state index in [1.165, 1.54) is 0 Å². The van der Waals surface area contributed by atoms with Crippen LogP contribution in [0.25, 0.3) is 0 Å². The van der Waals surface area contributed by atoms with Gasteiger partial charge in [0.15, 0.2) is 0 Å². The lowest BCUT2D eigenvalue weighted by molar-refractivity contribution is 0.0746. The zero-order chi connectivity index (χ0) is 19.1. The van der Waals surface area contributed by atoms with Crippen molar-refractivity contribution in [1.82, 2.24) is 9.88 Å². The van der Waals surface area contributed by atoms with Gasteiger partial charge in [-0.15, -0.1) is 0 Å². The van der Waals surface area contributed by atoms with Gasteiger partial charge in [0, 0.05) is 52.2 Å². The van der Waals surface area contributed by atoms with Crippen molar-refractivity contribution in [2.75, 3.05) is 63.8 Å². The van der Waals surface area contributed by atoms with Crippen LogP contribution in [-0.4, -0.2) is 69.3 Å². The number of para-hydroxylation sites is 2. The van der Waals surface area contributed by atoms with Crippen LogP contribution in [0.3, 0.4) is 0 Å². The standard InChI is InChI=1S/C20H26N4O3/c1-26-12-7-22-17-13-16(14-21-15-17)20(25)24-10-8-23(9-11-24)18-5-3-4-6-19(18)27-2/h3-6,13-15,22H,7-12H2,1-2H3. The topological polar surface area (TPSA) is 66.9 Å². The van der Waals surface area contributed by atoms with Crippen LogP contribution in [0, 0.1) is 0 Å². The van der Waals surface area contributed by atoms with Crippen LogP contribution in [0.15, 0.2) is 42.7 Å². The van der Waals surface area contributed by atoms with Gasteiger partial charge in [-0.25, -0.2) is 0 Å². The molecule has 0 radical (unpaired) electrons. The third-order valence-electron chi connectivity index (χ3n) is 4.61. The number of carbonyl (C=O) groups is 1. The predicted octanol–water partition coefficient (Wildman–Crippen LogP) is 2.11. The Kier molecular flexibility index (Phi) is 6.49. The lowest BCUT2D eigenvalue weighted by Crippen LogP contribution is -2.48. The maximum absolute atomic E-state index is 12.8. The molecular formula is C20H26N4O3. The van der Waals surface area contributed by atoms with Crippen molar-refractivity contribution in [2.45, 2.75) is 0 Å². The van der Waals surface area contributed by atoms with Crippen LogP contribution in [0.1, 0.15) is 10.4 Å². The van der Waals surface area contributed by atoms with Crippen molar-refractivity contribution in [1.29, 1.82) is 0 Å². The predicted molar refractivity (Wildman–Crippen MR) is 106 cm³/mol. The Bertz CT molecular complexity index is 760. The van der Waals surface area contributed by atoms with Crippen molar-refractivity contribution in [3.05, 3.63) is 48.3 Å². The first kappa shape index (κ1) is 19.0. The summed E-state index contributed by atoms with van der Waals surface area (Å²) < 4.78 is 10.5. The summed E-state index contributed by atoms with van der Waals surface area (Å²) in [7, 11) is 3.34. The molecule has 1 aromatic heterocycles. The first-order valence-corrected chi connectivity index (χ1v) is 9.08. The van der Waals surface area contributed by atoms with Crippen LogP contribution in [-0.2, 0) is 4.74 Å². The lowest BCUT2D eigenvalue weighted by Gasteiger charge is -2.36. The Morgan fingerprint density at radius 3 is 2.67 bits per heavy atom. The van der Waals surface area contributed by atoms with Gasteiger partial charge in [-0.1, -0.05) is 12.1 Å². The van der Waals surface area contributed by atoms with E-state index < -0.39 is 0 Å². The molecule has 0 bridgehead atoms. The summed E-state index contributed by atoms with van der Waals surface area (Å²) in [5.74, 6) is 0.869. The number of hydrogen-bond donors (Lipinski definition) is 1. The van der Waals surface area contributed by atoms with Gasteiger partial charge in [-0.05, 0) is 18.2 Å². The van der Waals surface area contributed by atoms with Gasteiger partial charge in [0.25, 0.3) is 5.91 Å². The molecule has 0 atom stereocenters. The van der Waals surface area contributed by atoms with E-state index in [0.717, 1.165) is 30.2 Å². The molecule has 0 unspecified atom stereocenters. The molecule has 1 N–H and O–H groups in total. The highest BCUT2D eigenvalue weighted by molar-refractivity contribution is 5.95. The molecule has 0 aliphatic carbocycles. The van der Waals surface area contributed by atoms with Gasteiger partial charge in [0.2, 0.25) is 0 Å². The Hall–Kier alpha value is -2.80. The quantitative estimate of drug-likeness (QED) is 0.753. The van der Waals surface area contributed by atoms with E-state index in [1.54, 1.807) is 26.6 Å². The van der Waals surface area contributed by atoms with E-state index in [0.29, 0.717) is 31.8 Å². The maximum atomic E-state index is 12.8. The van der Waals surface area contributed by atoms with Gasteiger partial charge in [0.05, 0.1) is 30.7 Å². The van der Waals surface area contributed by atoms with Crippen molar-refractivity contribution in [3.8, 4) is 5.75 Å². The molecule has 7 nitrogen and oxygen atoms in total. The average molecular weight is 370 g/mol. The summed E-state index contributed by atoms with van der Waals surface area (Å²) in [5, 5.41) is 3.20. The first-order chi connectivity index (χ1) is 13.2. The number of nitrogens with one attached hydrogen (secondary N) is 1. The number of carbonyl (C=O) groups excluding carboxylic acids is 1. The number of nitrogens with zero attached hydrogens (tertiary/aromatic N) is 3. The van der Waals surface area contributed by atoms with E-state index in [-0.39, 0.29) is 5.91 Å². The lowest BCUT2D eigenvalue weighted by atomic mass is 10.2. The molecule has 1 aliphatic heterocycles. The van der Waals surface area contributed by atoms with Gasteiger partial charge in [-0.3, -0.25) is 9.78 Å². The van der Waals surface area contributed by atoms with Crippen molar-refractivity contribution >= 4 is 17.3 Å². The Balaban J connectivity index is 1.61. The van der Waals surface area contributed by atoms with Gasteiger partial charge in [0.1, 0.15) is 5.75 Å². The molecule has 1 saturated heterocycles. The fourth-order valence-corrected chi connectivity index (χ4v) is 3.18. The number of benzene rings is 1. The van der Waals surface area contributed by atoms with Crippen molar-refractivity contribution in [3.63, 3.8) is 0 Å². The van der Waals surface area contributed by atoms with E-state index in [2.05, 4.69) is 21.3 Å². The molecule has 2 aromatic rings. The second-order valence-corrected chi connectivity index (χ2v) is 6.33. The monoisotopic (exact) mass is 370 g/mol. The van der Waals surface area contributed by atoms with E-state index in [9.17, 15) is 4.79 Å². The number of anilines is 2. The molecule has 144 valence electrons. The molecule has 1 fully saturated rings. The van der Waals surface area contributed by atoms with Gasteiger partial charge < -0.3 is 24.6 Å². The van der Waals surface area contributed by atoms with E-state index in [1.807, 2.05) is 29.2 Å². The number of hydrogen-bond acceptors (Lipinski definition) is 6. The van der Waals surface area contributed by atoms with Crippen molar-refractivity contribution < 1.29 is 14.3 Å². The number of amides is 1. The summed E-state index contributed by atoms with van der Waals surface area (Å²) in [4.78, 5) is 21.2. The summed E-state index contributed by atoms with van der Waals surface area (Å²) in [6, 6.07) is 9.82. The van der Waals surface area contributed by atoms with Gasteiger partial charge in [-0.2, -0.15) is 0 Å². The Morgan fingerprint density at radius 1 is 1.15 bits per heavy atom. The third-order valence-corrected chi connectivity index (χ3v) is 4.61. The SMILES string of the molecule is COCCNc1cncc(C(=O)N2CCN(c3ccccc3OC)CC2)c1. The Morgan fingerprint density at radius 2 is 1.93 bits per heavy atom. The minimum atomic E-state index is 0.0116. The zero-order valence-corrected chi connectivity index (χ0v) is 15.9. The van der Waals surface area contributed by atoms with Crippen LogP contribution in [0.2, 0.25) is 0 Å². The molecule has 1 aliphatic rings. The normalized spacial score (nSPS) is 14.1. The number of ether oxygens (including phenoxy) is 2. The molecular weight excluding hydrogens is 344 g/mol. The molecule has 27 heavy (non-hydrogen) atoms. The molecule has 0 spiro atoms. The first-order valence-electron chi connectivity index (χ1n) is 9.08. The number of methoxy groups -OCH3 is 2. The summed E-state index contributed by atoms with van der Waals surface area (Å²) >= 11 is 0. The van der Waals surface area contributed by atoms with Crippen molar-refractivity contribution in [2.24, 2.45) is 0 Å². The van der Waals surface area contributed by atoms with Crippen LogP contribution < -0.4 is 15.0 Å². The minimum Gasteiger partial charge on any atom is -0.495 e. The molecule has 1 amide bonds. The fraction of sp³-hybridized carbons (Fsp3) is 0.400. The number of aromatic nitrogens is 1. The van der Waals surface area contributed by atoms with Gasteiger partial charge >= 0.3 is 0 Å². The third kappa shape index (κ3) is 4.68. The number of pyridine rings is 1. The average Bonchev–Trinajstić information content (AvgIpc) is 2.74. The summed E-state index contributed by atoms with van der Waals surface area (Å²) in [6.45, 7) is 4.14. The van der Waals surface area contributed by atoms with E-state index >= 15 is 0 Å². The highest BCUT2D eigenvalue weighted by Gasteiger charge is 2.24. The maximum Gasteiger partial charge on any atom is 0.255 e. The fourth-order valence-electron chi connectivity index (χ4n) is 3.18. The largest absolute Gasteiger partial charge is 0.495 e. The summed E-state index contributed by atoms with van der Waals surface area (Å²) in [6.07, 6.45) is 3.34. The van der Waals surface area contributed by atoms with Crippen LogP contribution >= 0.6 is 0 Å². The molecule has 3 rings (SSSR count). The highest BCUT2D eigenvalue weighted by Crippen LogP contribution is 2.28. The van der Waals surface area contributed by atoms with E-state index in [4.69, 9.17) is 9.47 Å². The number of rotatable bonds is 7. The second kappa shape index (κ2) is 9.23.